The van der Waals surface area contributed by atoms with Gasteiger partial charge in [0.2, 0.25) is 0 Å². The van der Waals surface area contributed by atoms with E-state index in [0.29, 0.717) is 11.0 Å². The first-order valence-electron chi connectivity index (χ1n) is 4.87. The summed E-state index contributed by atoms with van der Waals surface area (Å²) in [5.74, 6) is -1.15. The van der Waals surface area contributed by atoms with E-state index in [9.17, 15) is 9.59 Å². The topological polar surface area (TPSA) is 112 Å². The van der Waals surface area contributed by atoms with E-state index in [1.807, 2.05) is 0 Å². The molecule has 2 heterocycles. The van der Waals surface area contributed by atoms with Gasteiger partial charge in [0.1, 0.15) is 5.69 Å². The van der Waals surface area contributed by atoms with Gasteiger partial charge in [-0.15, -0.1) is 0 Å². The van der Waals surface area contributed by atoms with E-state index >= 15 is 0 Å². The number of carbonyl (C=O) groups is 2. The molecule has 0 aliphatic heterocycles. The standard InChI is InChI=1S/C11H10N4O2/c1-5(16)9-7(10(13)17)8(12)6-3-2-4-14-11(6)15-9/h2-4H,1H3,(H2,13,17)(H2,12,14,15). The monoisotopic (exact) mass is 230 g/mol. The first kappa shape index (κ1) is 11.0. The van der Waals surface area contributed by atoms with Gasteiger partial charge in [-0.05, 0) is 12.1 Å². The molecule has 0 aromatic carbocycles. The molecule has 6 nitrogen and oxygen atoms in total. The highest BCUT2D eigenvalue weighted by Crippen LogP contribution is 2.24. The Labute approximate surface area is 96.7 Å². The van der Waals surface area contributed by atoms with Crippen LogP contribution in [0.5, 0.6) is 0 Å². The molecule has 2 aromatic rings. The molecule has 2 rings (SSSR count). The number of hydrogen-bond donors (Lipinski definition) is 2. The molecule has 6 heteroatoms. The number of hydrogen-bond acceptors (Lipinski definition) is 5. The molecule has 0 aliphatic carbocycles. The third-order valence-corrected chi connectivity index (χ3v) is 2.38. The fourth-order valence-electron chi connectivity index (χ4n) is 1.62. The molecule has 2 aromatic heterocycles. The van der Waals surface area contributed by atoms with E-state index in [4.69, 9.17) is 11.5 Å². The van der Waals surface area contributed by atoms with Crippen LogP contribution in [0.3, 0.4) is 0 Å². The number of amides is 1. The van der Waals surface area contributed by atoms with E-state index in [-0.39, 0.29) is 22.7 Å². The number of fused-ring (bicyclic) bond motifs is 1. The van der Waals surface area contributed by atoms with Crippen molar-refractivity contribution in [3.05, 3.63) is 29.6 Å². The molecule has 0 bridgehead atoms. The predicted octanol–water partition coefficient (Wildman–Crippen LogP) is 0.514. The number of carbonyl (C=O) groups excluding carboxylic acids is 2. The van der Waals surface area contributed by atoms with Gasteiger partial charge in [-0.25, -0.2) is 9.97 Å². The van der Waals surface area contributed by atoms with Crippen LogP contribution in [0.2, 0.25) is 0 Å². The maximum Gasteiger partial charge on any atom is 0.253 e. The summed E-state index contributed by atoms with van der Waals surface area (Å²) in [7, 11) is 0. The van der Waals surface area contributed by atoms with E-state index < -0.39 is 5.91 Å². The zero-order chi connectivity index (χ0) is 12.6. The highest BCUT2D eigenvalue weighted by Gasteiger charge is 2.20. The maximum absolute atomic E-state index is 11.4. The zero-order valence-corrected chi connectivity index (χ0v) is 9.10. The lowest BCUT2D eigenvalue weighted by Crippen LogP contribution is -2.19. The highest BCUT2D eigenvalue weighted by molar-refractivity contribution is 6.13. The number of rotatable bonds is 2. The van der Waals surface area contributed by atoms with Crippen molar-refractivity contribution in [2.45, 2.75) is 6.92 Å². The zero-order valence-electron chi connectivity index (χ0n) is 9.10. The lowest BCUT2D eigenvalue weighted by Gasteiger charge is -2.09. The summed E-state index contributed by atoms with van der Waals surface area (Å²) in [6.07, 6.45) is 1.53. The van der Waals surface area contributed by atoms with Crippen molar-refractivity contribution in [1.82, 2.24) is 9.97 Å². The Balaban J connectivity index is 2.94. The van der Waals surface area contributed by atoms with Gasteiger partial charge in [-0.1, -0.05) is 0 Å². The summed E-state index contributed by atoms with van der Waals surface area (Å²) >= 11 is 0. The molecular formula is C11H10N4O2. The van der Waals surface area contributed by atoms with Crippen molar-refractivity contribution in [2.75, 3.05) is 5.73 Å². The Bertz CT molecular complexity index is 637. The van der Waals surface area contributed by atoms with Gasteiger partial charge in [0.05, 0.1) is 11.3 Å². The molecule has 4 N–H and O–H groups in total. The van der Waals surface area contributed by atoms with Gasteiger partial charge >= 0.3 is 0 Å². The van der Waals surface area contributed by atoms with Gasteiger partial charge in [-0.2, -0.15) is 0 Å². The van der Waals surface area contributed by atoms with E-state index in [2.05, 4.69) is 9.97 Å². The van der Waals surface area contributed by atoms with Crippen molar-refractivity contribution in [2.24, 2.45) is 5.73 Å². The quantitative estimate of drug-likeness (QED) is 0.730. The summed E-state index contributed by atoms with van der Waals surface area (Å²) in [4.78, 5) is 30.7. The number of nitrogens with two attached hydrogens (primary N) is 2. The van der Waals surface area contributed by atoms with Crippen LogP contribution in [0.4, 0.5) is 5.69 Å². The van der Waals surface area contributed by atoms with Gasteiger partial charge in [-0.3, -0.25) is 9.59 Å². The predicted molar refractivity (Wildman–Crippen MR) is 62.5 cm³/mol. The second kappa shape index (κ2) is 3.82. The maximum atomic E-state index is 11.4. The summed E-state index contributed by atoms with van der Waals surface area (Å²) < 4.78 is 0. The molecule has 0 aliphatic rings. The number of aromatic nitrogens is 2. The van der Waals surface area contributed by atoms with Crippen molar-refractivity contribution < 1.29 is 9.59 Å². The summed E-state index contributed by atoms with van der Waals surface area (Å²) in [5.41, 5.74) is 11.4. The van der Waals surface area contributed by atoms with Crippen LogP contribution in [-0.2, 0) is 0 Å². The van der Waals surface area contributed by atoms with Crippen LogP contribution >= 0.6 is 0 Å². The molecule has 0 saturated carbocycles. The van der Waals surface area contributed by atoms with Gasteiger partial charge in [0, 0.05) is 18.5 Å². The molecule has 1 amide bonds. The smallest absolute Gasteiger partial charge is 0.253 e. The Kier molecular flexibility index (Phi) is 2.47. The molecular weight excluding hydrogens is 220 g/mol. The third-order valence-electron chi connectivity index (χ3n) is 2.38. The summed E-state index contributed by atoms with van der Waals surface area (Å²) in [6.45, 7) is 1.29. The molecule has 0 fully saturated rings. The third kappa shape index (κ3) is 1.69. The van der Waals surface area contributed by atoms with Crippen molar-refractivity contribution >= 4 is 28.4 Å². The second-order valence-electron chi connectivity index (χ2n) is 3.54. The number of Topliss-reactive ketones (excluding diaryl/α,β-unsaturated/α-hetero) is 1. The first-order chi connectivity index (χ1) is 8.02. The van der Waals surface area contributed by atoms with E-state index in [1.165, 1.54) is 13.1 Å². The first-order valence-corrected chi connectivity index (χ1v) is 4.87. The minimum absolute atomic E-state index is 0.0406. The van der Waals surface area contributed by atoms with E-state index in [1.54, 1.807) is 12.1 Å². The summed E-state index contributed by atoms with van der Waals surface area (Å²) in [6, 6.07) is 3.33. The largest absolute Gasteiger partial charge is 0.397 e. The molecule has 17 heavy (non-hydrogen) atoms. The normalized spacial score (nSPS) is 10.4. The fourth-order valence-corrected chi connectivity index (χ4v) is 1.62. The van der Waals surface area contributed by atoms with Gasteiger partial charge in [0.15, 0.2) is 11.4 Å². The van der Waals surface area contributed by atoms with E-state index in [0.717, 1.165) is 0 Å². The lowest BCUT2D eigenvalue weighted by molar-refractivity contribution is 0.0971. The fraction of sp³-hybridized carbons (Fsp3) is 0.0909. The molecule has 0 saturated heterocycles. The van der Waals surface area contributed by atoms with Crippen LogP contribution in [0.1, 0.15) is 27.8 Å². The van der Waals surface area contributed by atoms with Crippen LogP contribution in [-0.4, -0.2) is 21.7 Å². The molecule has 0 radical (unpaired) electrons. The highest BCUT2D eigenvalue weighted by atomic mass is 16.1. The number of nitrogens with zero attached hydrogens (tertiary/aromatic N) is 2. The van der Waals surface area contributed by atoms with Crippen LogP contribution in [0, 0.1) is 0 Å². The average Bonchev–Trinajstić information content (AvgIpc) is 2.28. The average molecular weight is 230 g/mol. The van der Waals surface area contributed by atoms with Crippen molar-refractivity contribution in [3.63, 3.8) is 0 Å². The number of pyridine rings is 2. The SMILES string of the molecule is CC(=O)c1nc2ncccc2c(N)c1C(N)=O. The van der Waals surface area contributed by atoms with Gasteiger partial charge in [0.25, 0.3) is 5.91 Å². The van der Waals surface area contributed by atoms with Gasteiger partial charge < -0.3 is 11.5 Å². The number of nitrogen functional groups attached to an aromatic ring is 1. The molecule has 0 atom stereocenters. The van der Waals surface area contributed by atoms with Crippen molar-refractivity contribution in [3.8, 4) is 0 Å². The minimum atomic E-state index is -0.772. The van der Waals surface area contributed by atoms with Crippen LogP contribution in [0.15, 0.2) is 18.3 Å². The Hall–Kier alpha value is -2.50. The Morgan fingerprint density at radius 1 is 1.35 bits per heavy atom. The number of anilines is 1. The minimum Gasteiger partial charge on any atom is -0.397 e. The van der Waals surface area contributed by atoms with Crippen molar-refractivity contribution in [1.29, 1.82) is 0 Å². The number of primary amides is 1. The lowest BCUT2D eigenvalue weighted by atomic mass is 10.1. The van der Waals surface area contributed by atoms with Crippen LogP contribution in [0.25, 0.3) is 11.0 Å². The molecule has 0 unspecified atom stereocenters. The Morgan fingerprint density at radius 2 is 2.06 bits per heavy atom. The van der Waals surface area contributed by atoms with Crippen LogP contribution < -0.4 is 11.5 Å². The summed E-state index contributed by atoms with van der Waals surface area (Å²) in [5, 5.41) is 0.506. The second-order valence-corrected chi connectivity index (χ2v) is 3.54. The Morgan fingerprint density at radius 3 is 2.65 bits per heavy atom. The molecule has 86 valence electrons. The molecule has 0 spiro atoms. The number of ketones is 1.